The minimum Gasteiger partial charge on any atom is -0.166 e. The second-order valence-electron chi connectivity index (χ2n) is 15.6. The predicted molar refractivity (Wildman–Crippen MR) is 211 cm³/mol. The largest absolute Gasteiger partial charge is 0.416 e. The Morgan fingerprint density at radius 2 is 0.729 bits per heavy atom. The molecular weight excluding hydrogens is 874 g/mol. The summed E-state index contributed by atoms with van der Waals surface area (Å²) in [5.41, 5.74) is -4.09. The van der Waals surface area contributed by atoms with E-state index in [4.69, 9.17) is 0 Å². The average molecular weight is 921 g/mol. The van der Waals surface area contributed by atoms with E-state index in [1.54, 1.807) is 6.92 Å². The molecule has 2 saturated carbocycles. The van der Waals surface area contributed by atoms with Gasteiger partial charge in [0.25, 0.3) is 0 Å². The second-order valence-corrected chi connectivity index (χ2v) is 20.7. The molecule has 2 unspecified atom stereocenters. The summed E-state index contributed by atoms with van der Waals surface area (Å²) < 4.78 is 170. The molecule has 4 aromatic carbocycles. The molecule has 0 bridgehead atoms. The fourth-order valence-electron chi connectivity index (χ4n) is 8.41. The molecule has 6 rings (SSSR count). The Hall–Kier alpha value is -2.58. The third kappa shape index (κ3) is 12.5. The van der Waals surface area contributed by atoms with Gasteiger partial charge >= 0.3 is 24.7 Å². The van der Waals surface area contributed by atoms with Gasteiger partial charge in [0.1, 0.15) is 0 Å². The van der Waals surface area contributed by atoms with Crippen LogP contribution in [0.25, 0.3) is 0 Å². The molecule has 4 aromatic rings. The Morgan fingerprint density at radius 1 is 0.424 bits per heavy atom. The monoisotopic (exact) mass is 920 g/mol. The first-order valence-corrected chi connectivity index (χ1v) is 22.0. The van der Waals surface area contributed by atoms with Crippen LogP contribution in [0.3, 0.4) is 0 Å². The third-order valence-corrected chi connectivity index (χ3v) is 16.6. The van der Waals surface area contributed by atoms with Crippen molar-refractivity contribution in [1.29, 1.82) is 0 Å². The molecular formula is C44H46F12FeP2. The van der Waals surface area contributed by atoms with Crippen molar-refractivity contribution in [3.8, 4) is 0 Å². The van der Waals surface area contributed by atoms with Gasteiger partial charge in [-0.1, -0.05) is 104 Å². The zero-order chi connectivity index (χ0) is 43.0. The first-order chi connectivity index (χ1) is 26.8. The van der Waals surface area contributed by atoms with Gasteiger partial charge in [-0.25, -0.2) is 0 Å². The first kappa shape index (κ1) is 49.1. The van der Waals surface area contributed by atoms with Crippen molar-refractivity contribution in [2.45, 2.75) is 122 Å². The van der Waals surface area contributed by atoms with Gasteiger partial charge in [0, 0.05) is 17.1 Å². The molecule has 2 fully saturated rings. The normalized spacial score (nSPS) is 18.2. The van der Waals surface area contributed by atoms with Crippen LogP contribution in [0.2, 0.25) is 0 Å². The summed E-state index contributed by atoms with van der Waals surface area (Å²) >= 11 is 0. The quantitative estimate of drug-likeness (QED) is 0.0984. The summed E-state index contributed by atoms with van der Waals surface area (Å²) in [4.78, 5) is 0. The number of alkyl halides is 12. The molecule has 0 heterocycles. The summed E-state index contributed by atoms with van der Waals surface area (Å²) in [5, 5.41) is 0.755. The van der Waals surface area contributed by atoms with Gasteiger partial charge in [-0.05, 0) is 131 Å². The van der Waals surface area contributed by atoms with Crippen molar-refractivity contribution in [3.63, 3.8) is 0 Å². The van der Waals surface area contributed by atoms with E-state index >= 15 is 0 Å². The molecule has 0 aromatic heterocycles. The fourth-order valence-corrected chi connectivity index (χ4v) is 15.3. The Labute approximate surface area is 350 Å². The van der Waals surface area contributed by atoms with Crippen molar-refractivity contribution in [2.24, 2.45) is 5.92 Å². The molecule has 0 saturated heterocycles. The maximum atomic E-state index is 14.2. The minimum absolute atomic E-state index is 0. The van der Waals surface area contributed by atoms with E-state index in [9.17, 15) is 52.7 Å². The van der Waals surface area contributed by atoms with Gasteiger partial charge in [0.05, 0.1) is 22.3 Å². The van der Waals surface area contributed by atoms with Crippen LogP contribution in [0.5, 0.6) is 0 Å². The summed E-state index contributed by atoms with van der Waals surface area (Å²) in [6.07, 6.45) is -12.0. The van der Waals surface area contributed by atoms with Gasteiger partial charge in [-0.15, -0.1) is 0 Å². The van der Waals surface area contributed by atoms with Crippen molar-refractivity contribution in [3.05, 3.63) is 117 Å². The maximum absolute atomic E-state index is 14.2. The molecule has 0 N–H and O–H groups in total. The van der Waals surface area contributed by atoms with Crippen LogP contribution in [0, 0.1) is 33.6 Å². The Kier molecular flexibility index (Phi) is 16.0. The number of benzene rings is 4. The standard InChI is InChI=1S/C39H36F12P2.C5H10.Fe/c1-21-9-22(2)12-30(11-21)53(31-13-23(3)10-24(4)14-31)35-8-6-7-34(35)25(5)52(32-17-26(36(40,41)42)15-27(18-32)37(43,44)45)33-19-28(38(46,47)48)16-29(20-33)39(49,50)51;1-2-4-5-3-1;/h9-20,25,34-35H,6-8H2,1-5H3;1-5H2;/t25-,34?,35?;;/m1../s1. The van der Waals surface area contributed by atoms with E-state index in [1.807, 2.05) is 64.1 Å². The van der Waals surface area contributed by atoms with Crippen LogP contribution < -0.4 is 21.2 Å². The molecule has 0 spiro atoms. The summed E-state index contributed by atoms with van der Waals surface area (Å²) in [6, 6.07) is 13.7. The number of rotatable bonds is 7. The van der Waals surface area contributed by atoms with E-state index in [-0.39, 0.29) is 34.9 Å². The van der Waals surface area contributed by atoms with Gasteiger partial charge < -0.3 is 0 Å². The Balaban J connectivity index is 0.00000119. The molecule has 59 heavy (non-hydrogen) atoms. The molecule has 0 aliphatic heterocycles. The van der Waals surface area contributed by atoms with E-state index in [0.717, 1.165) is 32.9 Å². The number of aryl methyl sites for hydroxylation is 4. The van der Waals surface area contributed by atoms with Crippen molar-refractivity contribution in [2.75, 3.05) is 0 Å². The molecule has 2 aliphatic rings. The van der Waals surface area contributed by atoms with Gasteiger partial charge in [0.15, 0.2) is 0 Å². The van der Waals surface area contributed by atoms with Crippen LogP contribution >= 0.6 is 15.8 Å². The molecule has 0 nitrogen and oxygen atoms in total. The number of halogens is 12. The fraction of sp³-hybridized carbons (Fsp3) is 0.455. The Bertz CT molecular complexity index is 1810. The van der Waals surface area contributed by atoms with E-state index in [0.29, 0.717) is 43.5 Å². The van der Waals surface area contributed by atoms with Crippen LogP contribution in [0.1, 0.15) is 103 Å². The SMILES string of the molecule is C1CCCC1.Cc1cc(C)cc(P(c2cc(C)cc(C)c2)C2CCCC2[C@@H](C)P(c2cc(C(F)(F)F)cc(C(F)(F)F)c2)c2cc(C(F)(F)F)cc(C(F)(F)F)c2)c1.[Fe]. The van der Waals surface area contributed by atoms with Crippen molar-refractivity contribution >= 4 is 37.1 Å². The number of hydrogen-bond donors (Lipinski definition) is 0. The van der Waals surface area contributed by atoms with E-state index in [1.165, 1.54) is 32.1 Å². The van der Waals surface area contributed by atoms with Gasteiger partial charge in [0.2, 0.25) is 0 Å². The van der Waals surface area contributed by atoms with Crippen LogP contribution in [-0.2, 0) is 41.8 Å². The second kappa shape index (κ2) is 19.2. The molecule has 2 aliphatic carbocycles. The van der Waals surface area contributed by atoms with Crippen molar-refractivity contribution in [1.82, 2.24) is 0 Å². The number of hydrogen-bond acceptors (Lipinski definition) is 0. The van der Waals surface area contributed by atoms with Crippen LogP contribution in [0.15, 0.2) is 72.8 Å². The van der Waals surface area contributed by atoms with Gasteiger partial charge in [-0.2, -0.15) is 52.7 Å². The summed E-state index contributed by atoms with van der Waals surface area (Å²) in [5.74, 6) is -0.485. The van der Waals surface area contributed by atoms with Crippen LogP contribution in [0.4, 0.5) is 52.7 Å². The van der Waals surface area contributed by atoms with E-state index < -0.39 is 85.0 Å². The average Bonchev–Trinajstić information content (AvgIpc) is 3.83. The summed E-state index contributed by atoms with van der Waals surface area (Å²) in [7, 11) is -3.94. The Morgan fingerprint density at radius 3 is 1.02 bits per heavy atom. The smallest absolute Gasteiger partial charge is 0.166 e. The van der Waals surface area contributed by atoms with Gasteiger partial charge in [-0.3, -0.25) is 0 Å². The minimum atomic E-state index is -5.29. The predicted octanol–water partition coefficient (Wildman–Crippen LogP) is 14.1. The summed E-state index contributed by atoms with van der Waals surface area (Å²) in [6.45, 7) is 9.26. The first-order valence-electron chi connectivity index (χ1n) is 19.2. The molecule has 0 amide bonds. The zero-order valence-electron chi connectivity index (χ0n) is 33.1. The maximum Gasteiger partial charge on any atom is 0.416 e. The molecule has 324 valence electrons. The molecule has 3 atom stereocenters. The van der Waals surface area contributed by atoms with Crippen molar-refractivity contribution < 1.29 is 69.8 Å². The van der Waals surface area contributed by atoms with Crippen LogP contribution in [-0.4, -0.2) is 11.3 Å². The van der Waals surface area contributed by atoms with E-state index in [2.05, 4.69) is 0 Å². The topological polar surface area (TPSA) is 0 Å². The molecule has 0 radical (unpaired) electrons. The zero-order valence-corrected chi connectivity index (χ0v) is 36.0. The third-order valence-electron chi connectivity index (χ3n) is 10.8. The molecule has 15 heteroatoms.